The lowest BCUT2D eigenvalue weighted by atomic mass is 10.2. The predicted molar refractivity (Wildman–Crippen MR) is 75.4 cm³/mol. The first kappa shape index (κ1) is 13.5. The van der Waals surface area contributed by atoms with Gasteiger partial charge in [-0.25, -0.2) is 0 Å². The number of nitrogens with zero attached hydrogens (tertiary/aromatic N) is 3. The number of benzene rings is 1. The highest BCUT2D eigenvalue weighted by atomic mass is 35.5. The Bertz CT molecular complexity index is 570. The summed E-state index contributed by atoms with van der Waals surface area (Å²) in [5.41, 5.74) is 0.903. The molecule has 0 N–H and O–H groups in total. The van der Waals surface area contributed by atoms with E-state index in [0.717, 1.165) is 25.3 Å². The second kappa shape index (κ2) is 5.91. The van der Waals surface area contributed by atoms with Gasteiger partial charge in [0.25, 0.3) is 0 Å². The van der Waals surface area contributed by atoms with Crippen molar-refractivity contribution in [2.24, 2.45) is 0 Å². The molecule has 1 atom stereocenters. The van der Waals surface area contributed by atoms with E-state index >= 15 is 0 Å². The van der Waals surface area contributed by atoms with E-state index in [4.69, 9.17) is 20.9 Å². The van der Waals surface area contributed by atoms with Crippen molar-refractivity contribution in [3.8, 4) is 11.4 Å². The highest BCUT2D eigenvalue weighted by molar-refractivity contribution is 6.30. The fourth-order valence-electron chi connectivity index (χ4n) is 2.26. The Kier molecular flexibility index (Phi) is 4.00. The molecule has 1 aliphatic heterocycles. The Labute approximate surface area is 122 Å². The molecule has 1 aromatic heterocycles. The topological polar surface area (TPSA) is 51.4 Å². The van der Waals surface area contributed by atoms with E-state index in [0.29, 0.717) is 23.3 Å². The predicted octanol–water partition coefficient (Wildman–Crippen LogP) is 2.61. The fraction of sp³-hybridized carbons (Fsp3) is 0.429. The molecule has 1 aromatic carbocycles. The van der Waals surface area contributed by atoms with Gasteiger partial charge in [0.05, 0.1) is 19.3 Å². The van der Waals surface area contributed by atoms with Crippen LogP contribution >= 0.6 is 11.6 Å². The number of morpholine rings is 1. The smallest absolute Gasteiger partial charge is 0.241 e. The van der Waals surface area contributed by atoms with Crippen LogP contribution in [0.15, 0.2) is 28.8 Å². The van der Waals surface area contributed by atoms with Gasteiger partial charge in [-0.2, -0.15) is 4.98 Å². The van der Waals surface area contributed by atoms with Crippen LogP contribution < -0.4 is 0 Å². The molecule has 2 heterocycles. The lowest BCUT2D eigenvalue weighted by Gasteiger charge is -2.29. The van der Waals surface area contributed by atoms with Crippen LogP contribution in [0.2, 0.25) is 5.02 Å². The highest BCUT2D eigenvalue weighted by Crippen LogP contribution is 2.19. The van der Waals surface area contributed by atoms with Crippen LogP contribution in [0.4, 0.5) is 0 Å². The zero-order valence-corrected chi connectivity index (χ0v) is 12.0. The molecule has 6 heteroatoms. The van der Waals surface area contributed by atoms with Gasteiger partial charge >= 0.3 is 0 Å². The Hall–Kier alpha value is -1.43. The molecule has 1 fully saturated rings. The molecule has 0 saturated carbocycles. The van der Waals surface area contributed by atoms with Crippen LogP contribution in [-0.4, -0.2) is 40.8 Å². The van der Waals surface area contributed by atoms with E-state index in [1.165, 1.54) is 0 Å². The lowest BCUT2D eigenvalue weighted by molar-refractivity contribution is -0.0240. The van der Waals surface area contributed by atoms with Crippen molar-refractivity contribution < 1.29 is 9.26 Å². The van der Waals surface area contributed by atoms with Gasteiger partial charge < -0.3 is 9.26 Å². The van der Waals surface area contributed by atoms with Crippen LogP contribution in [0, 0.1) is 0 Å². The number of hydrogen-bond donors (Lipinski definition) is 0. The number of rotatable bonds is 3. The van der Waals surface area contributed by atoms with Gasteiger partial charge in [-0.1, -0.05) is 16.8 Å². The summed E-state index contributed by atoms with van der Waals surface area (Å²) < 4.78 is 10.8. The molecule has 20 heavy (non-hydrogen) atoms. The average Bonchev–Trinajstić information content (AvgIpc) is 2.88. The minimum absolute atomic E-state index is 0.252. The minimum Gasteiger partial charge on any atom is -0.376 e. The SMILES string of the molecule is CC1CN(Cc2nc(-c3ccc(Cl)cc3)no2)CCO1. The van der Waals surface area contributed by atoms with E-state index in [9.17, 15) is 0 Å². The molecule has 1 saturated heterocycles. The minimum atomic E-state index is 0.252. The Balaban J connectivity index is 1.69. The van der Waals surface area contributed by atoms with Crippen molar-refractivity contribution in [1.29, 1.82) is 0 Å². The maximum Gasteiger partial charge on any atom is 0.241 e. The van der Waals surface area contributed by atoms with E-state index in [1.54, 1.807) is 0 Å². The number of hydrogen-bond acceptors (Lipinski definition) is 5. The van der Waals surface area contributed by atoms with Crippen LogP contribution in [0.5, 0.6) is 0 Å². The van der Waals surface area contributed by atoms with Crippen molar-refractivity contribution >= 4 is 11.6 Å². The van der Waals surface area contributed by atoms with Crippen molar-refractivity contribution in [2.75, 3.05) is 19.7 Å². The molecule has 5 nitrogen and oxygen atoms in total. The summed E-state index contributed by atoms with van der Waals surface area (Å²) in [5, 5.41) is 4.71. The molecule has 106 valence electrons. The van der Waals surface area contributed by atoms with Crippen molar-refractivity contribution in [1.82, 2.24) is 15.0 Å². The van der Waals surface area contributed by atoms with Gasteiger partial charge in [-0.15, -0.1) is 0 Å². The first-order chi connectivity index (χ1) is 9.70. The maximum absolute atomic E-state index is 5.86. The van der Waals surface area contributed by atoms with Crippen molar-refractivity contribution in [3.05, 3.63) is 35.2 Å². The molecule has 0 aliphatic carbocycles. The van der Waals surface area contributed by atoms with E-state index in [1.807, 2.05) is 24.3 Å². The molecule has 3 rings (SSSR count). The van der Waals surface area contributed by atoms with Gasteiger partial charge in [0, 0.05) is 23.7 Å². The Morgan fingerprint density at radius 2 is 2.15 bits per heavy atom. The van der Waals surface area contributed by atoms with Crippen LogP contribution in [0.3, 0.4) is 0 Å². The van der Waals surface area contributed by atoms with Crippen LogP contribution in [0.1, 0.15) is 12.8 Å². The third-order valence-electron chi connectivity index (χ3n) is 3.25. The summed E-state index contributed by atoms with van der Waals surface area (Å²) in [6.07, 6.45) is 0.252. The molecule has 2 aromatic rings. The monoisotopic (exact) mass is 293 g/mol. The summed E-state index contributed by atoms with van der Waals surface area (Å²) in [6.45, 7) is 5.26. The van der Waals surface area contributed by atoms with Gasteiger partial charge in [-0.3, -0.25) is 4.90 Å². The first-order valence-electron chi connectivity index (χ1n) is 6.63. The normalized spacial score (nSPS) is 20.2. The van der Waals surface area contributed by atoms with Gasteiger partial charge in [0.15, 0.2) is 0 Å². The second-order valence-corrected chi connectivity index (χ2v) is 5.37. The van der Waals surface area contributed by atoms with Gasteiger partial charge in [0.1, 0.15) is 0 Å². The summed E-state index contributed by atoms with van der Waals surface area (Å²) in [7, 11) is 0. The Morgan fingerprint density at radius 3 is 2.90 bits per heavy atom. The zero-order chi connectivity index (χ0) is 13.9. The Morgan fingerprint density at radius 1 is 1.35 bits per heavy atom. The van der Waals surface area contributed by atoms with Crippen LogP contribution in [0.25, 0.3) is 11.4 Å². The molecule has 0 spiro atoms. The third-order valence-corrected chi connectivity index (χ3v) is 3.51. The van der Waals surface area contributed by atoms with E-state index in [-0.39, 0.29) is 6.10 Å². The van der Waals surface area contributed by atoms with Crippen molar-refractivity contribution in [3.63, 3.8) is 0 Å². The van der Waals surface area contributed by atoms with E-state index in [2.05, 4.69) is 22.0 Å². The summed E-state index contributed by atoms with van der Waals surface area (Å²) in [4.78, 5) is 6.68. The highest BCUT2D eigenvalue weighted by Gasteiger charge is 2.19. The summed E-state index contributed by atoms with van der Waals surface area (Å²) >= 11 is 5.86. The summed E-state index contributed by atoms with van der Waals surface area (Å²) in [5.74, 6) is 1.22. The molecular formula is C14H16ClN3O2. The van der Waals surface area contributed by atoms with Gasteiger partial charge in [-0.05, 0) is 31.2 Å². The molecule has 0 amide bonds. The zero-order valence-electron chi connectivity index (χ0n) is 11.3. The van der Waals surface area contributed by atoms with Crippen LogP contribution in [-0.2, 0) is 11.3 Å². The number of halogens is 1. The van der Waals surface area contributed by atoms with Crippen molar-refractivity contribution in [2.45, 2.75) is 19.6 Å². The lowest BCUT2D eigenvalue weighted by Crippen LogP contribution is -2.40. The molecular weight excluding hydrogens is 278 g/mol. The number of ether oxygens (including phenoxy) is 1. The largest absolute Gasteiger partial charge is 0.376 e. The second-order valence-electron chi connectivity index (χ2n) is 4.94. The molecule has 0 radical (unpaired) electrons. The standard InChI is InChI=1S/C14H16ClN3O2/c1-10-8-18(6-7-19-10)9-13-16-14(17-20-13)11-2-4-12(15)5-3-11/h2-5,10H,6-9H2,1H3. The first-order valence-corrected chi connectivity index (χ1v) is 7.01. The molecule has 0 bridgehead atoms. The number of aromatic nitrogens is 2. The van der Waals surface area contributed by atoms with E-state index < -0.39 is 0 Å². The maximum atomic E-state index is 5.86. The van der Waals surface area contributed by atoms with Gasteiger partial charge in [0.2, 0.25) is 11.7 Å². The molecule has 1 aliphatic rings. The quantitative estimate of drug-likeness (QED) is 0.871. The average molecular weight is 294 g/mol. The summed E-state index contributed by atoms with van der Waals surface area (Å²) in [6, 6.07) is 7.40. The third kappa shape index (κ3) is 3.17. The fourth-order valence-corrected chi connectivity index (χ4v) is 2.39. The molecule has 1 unspecified atom stereocenters.